The number of nitrogens with zero attached hydrogens (tertiary/aromatic N) is 2. The van der Waals surface area contributed by atoms with Gasteiger partial charge < -0.3 is 29.1 Å². The van der Waals surface area contributed by atoms with Crippen molar-refractivity contribution in [3.8, 4) is 0 Å². The lowest BCUT2D eigenvalue weighted by atomic mass is 10.3. The van der Waals surface area contributed by atoms with Crippen molar-refractivity contribution in [2.45, 2.75) is 114 Å². The Balaban J connectivity index is -0.00000461. The minimum Gasteiger partial charge on any atom is -0.437 e. The van der Waals surface area contributed by atoms with Gasteiger partial charge in [-0.2, -0.15) is 0 Å². The molecule has 0 radical (unpaired) electrons. The predicted molar refractivity (Wildman–Crippen MR) is 231 cm³/mol. The number of para-hydroxylation sites is 2. The molecule has 10 nitrogen and oxygen atoms in total. The van der Waals surface area contributed by atoms with E-state index in [2.05, 4.69) is 74.5 Å². The number of urea groups is 2. The van der Waals surface area contributed by atoms with Gasteiger partial charge in [-0.25, -0.2) is 9.59 Å². The highest BCUT2D eigenvalue weighted by molar-refractivity contribution is 6.87. The Morgan fingerprint density at radius 2 is 1.25 bits per heavy atom. The first-order valence-corrected chi connectivity index (χ1v) is 25.9. The first-order valence-electron chi connectivity index (χ1n) is 16.8. The molecular formula is C38H79N6O4Si3+. The third-order valence-corrected chi connectivity index (χ3v) is 19.8. The van der Waals surface area contributed by atoms with Gasteiger partial charge in [0.1, 0.15) is 0 Å². The van der Waals surface area contributed by atoms with E-state index < -0.39 is 25.2 Å². The second-order valence-electron chi connectivity index (χ2n) is 14.3. The first-order chi connectivity index (χ1) is 21.6. The summed E-state index contributed by atoms with van der Waals surface area (Å²) in [5.74, 6) is 0. The normalized spacial score (nSPS) is 16.4. The minimum atomic E-state index is -2.35. The van der Waals surface area contributed by atoms with Gasteiger partial charge in [0.2, 0.25) is 6.17 Å². The number of rotatable bonds is 19. The molecule has 4 N–H and O–H groups in total. The average Bonchev–Trinajstić information content (AvgIpc) is 3.59. The van der Waals surface area contributed by atoms with E-state index in [1.807, 2.05) is 65.6 Å². The van der Waals surface area contributed by atoms with Crippen molar-refractivity contribution in [3.63, 3.8) is 0 Å². The van der Waals surface area contributed by atoms with Crippen LogP contribution in [0.2, 0.25) is 51.4 Å². The van der Waals surface area contributed by atoms with Gasteiger partial charge in [0.25, 0.3) is 0 Å². The highest BCUT2D eigenvalue weighted by Gasteiger charge is 2.52. The first kappa shape index (κ1) is 52.8. The van der Waals surface area contributed by atoms with Crippen LogP contribution >= 0.6 is 0 Å². The second-order valence-corrected chi connectivity index (χ2v) is 26.8. The largest absolute Gasteiger partial charge is 0.437 e. The van der Waals surface area contributed by atoms with Crippen LogP contribution in [0.3, 0.4) is 0 Å². The Bertz CT molecular complexity index is 1240. The number of likely N-dealkylation sites (N-methyl/N-ethyl adjacent to an activating group) is 2. The van der Waals surface area contributed by atoms with Crippen molar-refractivity contribution in [1.82, 2.24) is 15.5 Å². The summed E-state index contributed by atoms with van der Waals surface area (Å²) in [6.45, 7) is 20.6. The Hall–Kier alpha value is -2.53. The van der Waals surface area contributed by atoms with Crippen molar-refractivity contribution in [3.05, 3.63) is 60.7 Å². The summed E-state index contributed by atoms with van der Waals surface area (Å²) >= 11 is 0. The molecule has 0 aromatic heterocycles. The van der Waals surface area contributed by atoms with E-state index in [4.69, 9.17) is 8.23 Å². The summed E-state index contributed by atoms with van der Waals surface area (Å²) in [4.78, 5) is 27.4. The van der Waals surface area contributed by atoms with Crippen molar-refractivity contribution >= 4 is 48.6 Å². The van der Waals surface area contributed by atoms with Crippen molar-refractivity contribution in [1.29, 1.82) is 0 Å². The fraction of sp³-hybridized carbons (Fsp3) is 0.632. The minimum absolute atomic E-state index is 0. The van der Waals surface area contributed by atoms with Crippen molar-refractivity contribution in [2.24, 2.45) is 0 Å². The molecule has 13 heteroatoms. The number of hydrogen-bond acceptors (Lipinski definition) is 5. The van der Waals surface area contributed by atoms with E-state index in [1.54, 1.807) is 0 Å². The number of carbonyl (C=O) groups excluding carboxylic acids is 2. The van der Waals surface area contributed by atoms with Crippen LogP contribution in [0.5, 0.6) is 0 Å². The molecule has 2 atom stereocenters. The fourth-order valence-electron chi connectivity index (χ4n) is 6.08. The van der Waals surface area contributed by atoms with Crippen LogP contribution in [0.4, 0.5) is 21.0 Å². The van der Waals surface area contributed by atoms with Crippen LogP contribution < -0.4 is 21.3 Å². The zero-order valence-electron chi connectivity index (χ0n) is 29.4. The highest BCUT2D eigenvalue weighted by atomic mass is 28.5. The molecule has 1 aliphatic rings. The molecule has 0 bridgehead atoms. The summed E-state index contributed by atoms with van der Waals surface area (Å²) in [7, 11) is -4.11. The molecule has 3 rings (SSSR count). The standard InChI is InChI=1S/C33H58N6O4Si3.5CH4/c1-9-34-22-24-38(33(41)36-30-20-14-11-15-21-30)23-16-26-44(3,4)42-46(7,8)43-45(5,6)27-17-25-39(2)28-31(39)37-32(40)35-29-18-12-10-13-19-29;;;;;/h10-15,18-21,31,34H,9,16-17,22-28H2,1-8H3,(H2-,35,36,37,40,41);5*1H4/p+1. The van der Waals surface area contributed by atoms with E-state index in [9.17, 15) is 9.59 Å². The molecule has 51 heavy (non-hydrogen) atoms. The molecule has 296 valence electrons. The molecule has 0 aliphatic carbocycles. The zero-order valence-corrected chi connectivity index (χ0v) is 32.4. The van der Waals surface area contributed by atoms with Gasteiger partial charge in [-0.3, -0.25) is 9.80 Å². The van der Waals surface area contributed by atoms with Crippen molar-refractivity contribution < 1.29 is 22.3 Å². The van der Waals surface area contributed by atoms with Crippen molar-refractivity contribution in [2.75, 3.05) is 56.9 Å². The lowest BCUT2D eigenvalue weighted by molar-refractivity contribution is -0.793. The monoisotopic (exact) mass is 768 g/mol. The lowest BCUT2D eigenvalue weighted by Gasteiger charge is -2.39. The number of nitrogens with one attached hydrogen (secondary N) is 4. The van der Waals surface area contributed by atoms with Gasteiger partial charge in [-0.05, 0) is 95.0 Å². The van der Waals surface area contributed by atoms with Crippen LogP contribution in [0, 0.1) is 0 Å². The van der Waals surface area contributed by atoms with Gasteiger partial charge in [-0.15, -0.1) is 0 Å². The van der Waals surface area contributed by atoms with E-state index >= 15 is 0 Å². The summed E-state index contributed by atoms with van der Waals surface area (Å²) in [5.41, 5.74) is 1.61. The molecule has 1 fully saturated rings. The fourth-order valence-corrected chi connectivity index (χ4v) is 20.1. The molecule has 1 aliphatic heterocycles. The molecule has 1 heterocycles. The van der Waals surface area contributed by atoms with Crippen LogP contribution in [-0.2, 0) is 8.23 Å². The number of hydrogen-bond donors (Lipinski definition) is 4. The topological polar surface area (TPSA) is 104 Å². The third-order valence-electron chi connectivity index (χ3n) is 8.36. The Morgan fingerprint density at radius 3 is 1.76 bits per heavy atom. The number of quaternary nitrogens is 1. The van der Waals surface area contributed by atoms with Crippen LogP contribution in [-0.4, -0.2) is 99.1 Å². The molecule has 0 saturated carbocycles. The summed E-state index contributed by atoms with van der Waals surface area (Å²) in [5, 5.41) is 12.4. The molecule has 2 unspecified atom stereocenters. The van der Waals surface area contributed by atoms with Gasteiger partial charge in [-0.1, -0.05) is 80.5 Å². The Kier molecular flexibility index (Phi) is 24.8. The zero-order chi connectivity index (χ0) is 33.8. The quantitative estimate of drug-likeness (QED) is 0.0494. The molecule has 0 spiro atoms. The maximum absolute atomic E-state index is 13.1. The summed E-state index contributed by atoms with van der Waals surface area (Å²) in [6, 6.07) is 21.0. The van der Waals surface area contributed by atoms with Crippen LogP contribution in [0.15, 0.2) is 60.7 Å². The smallest absolute Gasteiger partial charge is 0.323 e. The van der Waals surface area contributed by atoms with Gasteiger partial charge in [0, 0.05) is 31.0 Å². The molecular weight excluding hydrogens is 689 g/mol. The molecule has 2 aromatic carbocycles. The Labute approximate surface area is 317 Å². The number of amides is 4. The highest BCUT2D eigenvalue weighted by Crippen LogP contribution is 2.30. The second kappa shape index (κ2) is 23.9. The predicted octanol–water partition coefficient (Wildman–Crippen LogP) is 9.84. The summed E-state index contributed by atoms with van der Waals surface area (Å²) < 4.78 is 14.6. The maximum Gasteiger partial charge on any atom is 0.323 e. The van der Waals surface area contributed by atoms with E-state index in [1.165, 1.54) is 0 Å². The summed E-state index contributed by atoms with van der Waals surface area (Å²) in [6.07, 6.45) is 2.11. The van der Waals surface area contributed by atoms with E-state index in [0.717, 1.165) is 67.0 Å². The van der Waals surface area contributed by atoms with Gasteiger partial charge in [0.15, 0.2) is 23.2 Å². The average molecular weight is 768 g/mol. The van der Waals surface area contributed by atoms with Gasteiger partial charge >= 0.3 is 20.6 Å². The third kappa shape index (κ3) is 19.8. The van der Waals surface area contributed by atoms with E-state index in [0.29, 0.717) is 13.1 Å². The molecule has 4 amide bonds. The SMILES string of the molecule is C.C.C.C.C.CCNCCN(CCC[Si](C)(C)O[Si](C)(C)O[Si](C)(C)CCC[N+]1(C)CC1NC(=O)Nc1ccccc1)C(=O)Nc1ccccc1. The molecule has 1 saturated heterocycles. The number of carbonyl (C=O) groups is 2. The van der Waals surface area contributed by atoms with Crippen LogP contribution in [0.25, 0.3) is 0 Å². The maximum atomic E-state index is 13.1. The number of anilines is 2. The van der Waals surface area contributed by atoms with Gasteiger partial charge in [0.05, 0.1) is 13.6 Å². The molecule has 2 aromatic rings. The number of benzene rings is 2. The van der Waals surface area contributed by atoms with E-state index in [-0.39, 0.29) is 55.4 Å². The Morgan fingerprint density at radius 1 is 0.765 bits per heavy atom. The van der Waals surface area contributed by atoms with Crippen LogP contribution in [0.1, 0.15) is 56.9 Å². The lowest BCUT2D eigenvalue weighted by Crippen LogP contribution is -2.52.